The van der Waals surface area contributed by atoms with Crippen LogP contribution in [0.25, 0.3) is 0 Å². The topological polar surface area (TPSA) is 104 Å². The minimum absolute atomic E-state index is 0.0870. The van der Waals surface area contributed by atoms with E-state index in [1.54, 1.807) is 6.92 Å². The molecule has 4 aliphatic rings. The first-order chi connectivity index (χ1) is 12.0. The van der Waals surface area contributed by atoms with Crippen molar-refractivity contribution in [1.29, 1.82) is 0 Å². The highest BCUT2D eigenvalue weighted by Gasteiger charge is 2.56. The molecular weight excluding hydrogens is 342 g/mol. The molecule has 4 atom stereocenters. The van der Waals surface area contributed by atoms with Crippen LogP contribution in [0.15, 0.2) is 12.2 Å². The maximum Gasteiger partial charge on any atom is 0.321 e. The van der Waals surface area contributed by atoms with Crippen molar-refractivity contribution in [2.75, 3.05) is 18.4 Å². The number of anilines is 1. The van der Waals surface area contributed by atoms with Gasteiger partial charge >= 0.3 is 6.03 Å². The number of carbonyl (C=O) groups excluding carboxylic acids is 3. The van der Waals surface area contributed by atoms with E-state index >= 15 is 0 Å². The summed E-state index contributed by atoms with van der Waals surface area (Å²) in [6, 6.07) is -0.422. The fourth-order valence-corrected chi connectivity index (χ4v) is 4.71. The van der Waals surface area contributed by atoms with Gasteiger partial charge in [-0.1, -0.05) is 23.5 Å². The first-order valence-electron chi connectivity index (χ1n) is 8.43. The summed E-state index contributed by atoms with van der Waals surface area (Å²) in [5.41, 5.74) is 0. The third-order valence-electron chi connectivity index (χ3n) is 5.22. The summed E-state index contributed by atoms with van der Waals surface area (Å²) in [7, 11) is 0. The van der Waals surface area contributed by atoms with Gasteiger partial charge in [-0.05, 0) is 31.6 Å². The molecule has 25 heavy (non-hydrogen) atoms. The number of imide groups is 1. The van der Waals surface area contributed by atoms with Gasteiger partial charge in [0.05, 0.1) is 11.8 Å². The molecule has 5 rings (SSSR count). The van der Waals surface area contributed by atoms with Crippen molar-refractivity contribution in [3.05, 3.63) is 17.2 Å². The summed E-state index contributed by atoms with van der Waals surface area (Å²) in [5, 5.41) is 14.0. The third kappa shape index (κ3) is 2.82. The first kappa shape index (κ1) is 16.2. The van der Waals surface area contributed by atoms with Crippen LogP contribution >= 0.6 is 11.3 Å². The molecule has 4 amide bonds. The molecular formula is C16H19N5O3S. The number of allylic oxidation sites excluding steroid dienone is 2. The van der Waals surface area contributed by atoms with Crippen LogP contribution in [0.3, 0.4) is 0 Å². The number of likely N-dealkylation sites (tertiary alicyclic amines) is 1. The molecule has 2 heterocycles. The largest absolute Gasteiger partial charge is 0.336 e. The molecule has 1 aliphatic heterocycles. The zero-order valence-electron chi connectivity index (χ0n) is 13.8. The molecule has 0 unspecified atom stereocenters. The number of aryl methyl sites for hydroxylation is 1. The Hall–Kier alpha value is -2.29. The van der Waals surface area contributed by atoms with Gasteiger partial charge in [0.15, 0.2) is 0 Å². The lowest BCUT2D eigenvalue weighted by Gasteiger charge is -2.38. The summed E-state index contributed by atoms with van der Waals surface area (Å²) in [6.45, 7) is 2.21. The molecule has 1 aromatic rings. The quantitative estimate of drug-likeness (QED) is 0.619. The highest BCUT2D eigenvalue weighted by Crippen LogP contribution is 2.49. The van der Waals surface area contributed by atoms with E-state index in [-0.39, 0.29) is 48.6 Å². The van der Waals surface area contributed by atoms with Crippen molar-refractivity contribution in [2.24, 2.45) is 23.7 Å². The Balaban J connectivity index is 1.32. The smallest absolute Gasteiger partial charge is 0.321 e. The number of nitrogens with one attached hydrogen (secondary N) is 2. The van der Waals surface area contributed by atoms with Crippen LogP contribution < -0.4 is 10.6 Å². The Bertz CT molecular complexity index is 729. The summed E-state index contributed by atoms with van der Waals surface area (Å²) in [4.78, 5) is 38.4. The van der Waals surface area contributed by atoms with E-state index in [0.29, 0.717) is 5.13 Å². The van der Waals surface area contributed by atoms with E-state index in [9.17, 15) is 14.4 Å². The average Bonchev–Trinajstić information content (AvgIpc) is 3.13. The van der Waals surface area contributed by atoms with E-state index in [4.69, 9.17) is 0 Å². The van der Waals surface area contributed by atoms with Gasteiger partial charge in [0.2, 0.25) is 16.9 Å². The molecule has 0 aromatic carbocycles. The fraction of sp³-hybridized carbons (Fsp3) is 0.562. The molecule has 2 fully saturated rings. The number of aromatic nitrogens is 2. The highest BCUT2D eigenvalue weighted by molar-refractivity contribution is 7.15. The molecule has 1 saturated carbocycles. The van der Waals surface area contributed by atoms with Crippen LogP contribution in [0.4, 0.5) is 9.93 Å². The summed E-state index contributed by atoms with van der Waals surface area (Å²) >= 11 is 1.28. The number of nitrogens with zero attached hydrogens (tertiary/aromatic N) is 3. The van der Waals surface area contributed by atoms with Crippen LogP contribution in [-0.2, 0) is 9.59 Å². The maximum atomic E-state index is 12.6. The normalized spacial score (nSPS) is 29.9. The molecule has 0 spiro atoms. The summed E-state index contributed by atoms with van der Waals surface area (Å²) in [6.07, 6.45) is 6.16. The number of hydrogen-bond donors (Lipinski definition) is 2. The van der Waals surface area contributed by atoms with Gasteiger partial charge in [0, 0.05) is 13.1 Å². The van der Waals surface area contributed by atoms with Gasteiger partial charge < -0.3 is 5.32 Å². The standard InChI is InChI=1S/C16H19N5O3S/c1-8-19-20-16(25-8)18-15(24)17-6-7-21-13(22)11-9-2-3-10(5-4-9)12(11)14(21)23/h2-3,9-12H,4-7H2,1H3,(H2,17,18,20,24)/t9-,10-,11-,12+/m0/s1. The van der Waals surface area contributed by atoms with Crippen LogP contribution in [0, 0.1) is 30.6 Å². The van der Waals surface area contributed by atoms with Crippen molar-refractivity contribution < 1.29 is 14.4 Å². The second kappa shape index (κ2) is 6.21. The van der Waals surface area contributed by atoms with Crippen molar-refractivity contribution in [3.63, 3.8) is 0 Å². The summed E-state index contributed by atoms with van der Waals surface area (Å²) in [5.74, 6) is -0.197. The predicted molar refractivity (Wildman–Crippen MR) is 90.7 cm³/mol. The Labute approximate surface area is 148 Å². The molecule has 2 N–H and O–H groups in total. The molecule has 132 valence electrons. The molecule has 1 aromatic heterocycles. The number of carbonyl (C=O) groups is 3. The third-order valence-corrected chi connectivity index (χ3v) is 5.97. The van der Waals surface area contributed by atoms with Gasteiger partial charge in [-0.25, -0.2) is 4.79 Å². The van der Waals surface area contributed by atoms with Crippen molar-refractivity contribution in [3.8, 4) is 0 Å². The number of amides is 4. The Morgan fingerprint density at radius 1 is 1.20 bits per heavy atom. The molecule has 2 bridgehead atoms. The van der Waals surface area contributed by atoms with E-state index < -0.39 is 6.03 Å². The van der Waals surface area contributed by atoms with E-state index in [1.165, 1.54) is 16.2 Å². The Kier molecular flexibility index (Phi) is 4.03. The fourth-order valence-electron chi connectivity index (χ4n) is 4.13. The number of fused-ring (bicyclic) bond motifs is 1. The molecule has 1 saturated heterocycles. The van der Waals surface area contributed by atoms with E-state index in [2.05, 4.69) is 33.0 Å². The van der Waals surface area contributed by atoms with Gasteiger partial charge in [0.25, 0.3) is 0 Å². The van der Waals surface area contributed by atoms with Crippen LogP contribution in [0.2, 0.25) is 0 Å². The highest BCUT2D eigenvalue weighted by atomic mass is 32.1. The molecule has 0 radical (unpaired) electrons. The predicted octanol–water partition coefficient (Wildman–Crippen LogP) is 1.17. The zero-order valence-corrected chi connectivity index (χ0v) is 14.6. The Morgan fingerprint density at radius 2 is 1.84 bits per heavy atom. The number of hydrogen-bond acceptors (Lipinski definition) is 6. The van der Waals surface area contributed by atoms with Gasteiger partial charge in [-0.15, -0.1) is 10.2 Å². The number of urea groups is 1. The van der Waals surface area contributed by atoms with E-state index in [0.717, 1.165) is 17.8 Å². The van der Waals surface area contributed by atoms with Gasteiger partial charge in [-0.2, -0.15) is 0 Å². The molecule has 3 aliphatic carbocycles. The van der Waals surface area contributed by atoms with Gasteiger partial charge in [0.1, 0.15) is 5.01 Å². The number of rotatable bonds is 4. The second-order valence-electron chi connectivity index (χ2n) is 6.68. The van der Waals surface area contributed by atoms with Crippen molar-refractivity contribution in [1.82, 2.24) is 20.4 Å². The lowest BCUT2D eigenvalue weighted by molar-refractivity contribution is -0.140. The minimum Gasteiger partial charge on any atom is -0.336 e. The van der Waals surface area contributed by atoms with Crippen molar-refractivity contribution >= 4 is 34.3 Å². The molecule has 9 heteroatoms. The lowest BCUT2D eigenvalue weighted by atomic mass is 9.63. The SMILES string of the molecule is Cc1nnc(NC(=O)NCCN2C(=O)[C@@H]3[C@H](C2=O)[C@H]2C=C[C@H]3CC2)s1. The Morgan fingerprint density at radius 3 is 2.36 bits per heavy atom. The monoisotopic (exact) mass is 361 g/mol. The van der Waals surface area contributed by atoms with Crippen LogP contribution in [0.5, 0.6) is 0 Å². The zero-order chi connectivity index (χ0) is 17.6. The first-order valence-corrected chi connectivity index (χ1v) is 9.25. The van der Waals surface area contributed by atoms with Crippen LogP contribution in [-0.4, -0.2) is 46.0 Å². The summed E-state index contributed by atoms with van der Waals surface area (Å²) < 4.78 is 0. The van der Waals surface area contributed by atoms with Gasteiger partial charge in [-0.3, -0.25) is 19.8 Å². The average molecular weight is 361 g/mol. The minimum atomic E-state index is -0.422. The molecule has 8 nitrogen and oxygen atoms in total. The van der Waals surface area contributed by atoms with Crippen LogP contribution in [0.1, 0.15) is 17.8 Å². The second-order valence-corrected chi connectivity index (χ2v) is 7.86. The van der Waals surface area contributed by atoms with E-state index in [1.807, 2.05) is 0 Å². The lowest BCUT2D eigenvalue weighted by Crippen LogP contribution is -2.40. The van der Waals surface area contributed by atoms with Crippen molar-refractivity contribution in [2.45, 2.75) is 19.8 Å². The maximum absolute atomic E-state index is 12.6.